The minimum absolute atomic E-state index is 0.593. The first kappa shape index (κ1) is 31.1. The standard InChI is InChI=1S/C14H16N4O.C13H16N4.B6/c1-17-7-13(15-9-17)8-18-5-4-11-2-3-12(16-10-19)6-14(11)18;1-16-7-12(15-9-16)8-17-5-4-10-2-3-11(14)6-13(10)17;1-5(2)6(3)4/h2-3,6-7,9-10H,4-5,8H2,1H3,(H,16,19);2-3,6-7,9H,4-5,8,14H2,1H3;. The number of benzene rings is 2. The third-order valence-electron chi connectivity index (χ3n) is 7.07. The number of nitrogens with two attached hydrogens (primary N) is 1. The zero-order chi connectivity index (χ0) is 30.2. The second-order valence-corrected chi connectivity index (χ2v) is 10.6. The van der Waals surface area contributed by atoms with Crippen LogP contribution in [0.1, 0.15) is 22.5 Å². The number of imidazole rings is 2. The maximum absolute atomic E-state index is 10.5. The van der Waals surface area contributed by atoms with Crippen LogP contribution in [0.3, 0.4) is 0 Å². The summed E-state index contributed by atoms with van der Waals surface area (Å²) in [5.41, 5.74) is 14.8. The highest BCUT2D eigenvalue weighted by Gasteiger charge is 2.21. The van der Waals surface area contributed by atoms with E-state index in [2.05, 4.69) is 49.5 Å². The van der Waals surface area contributed by atoms with Crippen molar-refractivity contribution in [3.05, 3.63) is 84.0 Å². The lowest BCUT2D eigenvalue weighted by Gasteiger charge is -2.18. The fourth-order valence-electron chi connectivity index (χ4n) is 4.88. The zero-order valence-corrected chi connectivity index (χ0v) is 24.2. The number of hydrogen-bond donors (Lipinski definition) is 2. The van der Waals surface area contributed by atoms with Crippen LogP contribution in [0, 0.1) is 0 Å². The van der Waals surface area contributed by atoms with Gasteiger partial charge >= 0.3 is 0 Å². The summed E-state index contributed by atoms with van der Waals surface area (Å²) in [6.45, 7) is 3.71. The maximum Gasteiger partial charge on any atom is 0.211 e. The largest absolute Gasteiger partial charge is 0.399 e. The number of amides is 1. The first-order valence-corrected chi connectivity index (χ1v) is 13.8. The van der Waals surface area contributed by atoms with Crippen LogP contribution in [-0.2, 0) is 44.8 Å². The molecule has 0 fully saturated rings. The van der Waals surface area contributed by atoms with Crippen LogP contribution in [0.25, 0.3) is 0 Å². The maximum atomic E-state index is 10.5. The fraction of sp³-hybridized carbons (Fsp3) is 0.296. The smallest absolute Gasteiger partial charge is 0.211 e. The summed E-state index contributed by atoms with van der Waals surface area (Å²) in [6, 6.07) is 12.2. The molecule has 2 aromatic carbocycles. The molecule has 3 N–H and O–H groups in total. The Morgan fingerprint density at radius 1 is 0.833 bits per heavy atom. The number of nitrogens with zero attached hydrogens (tertiary/aromatic N) is 6. The van der Waals surface area contributed by atoms with E-state index in [1.807, 2.05) is 60.3 Å². The molecule has 204 valence electrons. The van der Waals surface area contributed by atoms with Crippen LogP contribution in [-0.4, -0.2) is 82.3 Å². The Kier molecular flexibility index (Phi) is 10.6. The van der Waals surface area contributed by atoms with Crippen molar-refractivity contribution in [1.29, 1.82) is 0 Å². The Balaban J connectivity index is 0.000000163. The van der Waals surface area contributed by atoms with E-state index in [1.54, 1.807) is 0 Å². The molecule has 0 bridgehead atoms. The second kappa shape index (κ2) is 14.3. The van der Waals surface area contributed by atoms with E-state index >= 15 is 0 Å². The second-order valence-electron chi connectivity index (χ2n) is 10.6. The summed E-state index contributed by atoms with van der Waals surface area (Å²) in [4.78, 5) is 23.9. The van der Waals surface area contributed by atoms with Crippen LogP contribution >= 0.6 is 0 Å². The predicted molar refractivity (Wildman–Crippen MR) is 177 cm³/mol. The number of aryl methyl sites for hydroxylation is 2. The summed E-state index contributed by atoms with van der Waals surface area (Å²) in [6.07, 6.45) is 9.42. The van der Waals surface area contributed by atoms with Gasteiger partial charge in [0, 0.05) is 106 Å². The first-order chi connectivity index (χ1) is 20.1. The topological polar surface area (TPSA) is 97.2 Å². The Hall–Kier alpha value is -3.88. The summed E-state index contributed by atoms with van der Waals surface area (Å²) in [5.74, 6) is 0. The molecular formula is C27H32B6N8O. The number of anilines is 4. The first-order valence-electron chi connectivity index (χ1n) is 13.8. The molecule has 2 aliphatic heterocycles. The monoisotopic (exact) mass is 550 g/mol. The van der Waals surface area contributed by atoms with Gasteiger partial charge in [-0.3, -0.25) is 4.79 Å². The van der Waals surface area contributed by atoms with E-state index < -0.39 is 12.8 Å². The lowest BCUT2D eigenvalue weighted by Crippen LogP contribution is -2.38. The summed E-state index contributed by atoms with van der Waals surface area (Å²) >= 11 is 0. The zero-order valence-electron chi connectivity index (χ0n) is 24.2. The number of nitrogens with one attached hydrogen (secondary N) is 1. The molecule has 4 aromatic rings. The SMILES string of the molecule is Cn1cnc(CN2CCc3ccc(N)cc32)c1.Cn1cnc(CN2CCc3ccc(NC=O)cc32)c1.[B]B([B])B([B])[B]. The number of rotatable bonds is 7. The van der Waals surface area contributed by atoms with Crippen LogP contribution in [0.4, 0.5) is 22.7 Å². The quantitative estimate of drug-likeness (QED) is 0.202. The van der Waals surface area contributed by atoms with Crippen LogP contribution in [0.2, 0.25) is 0 Å². The van der Waals surface area contributed by atoms with E-state index in [4.69, 9.17) is 36.7 Å². The van der Waals surface area contributed by atoms with Crippen LogP contribution in [0.5, 0.6) is 0 Å². The molecule has 9 nitrogen and oxygen atoms in total. The lowest BCUT2D eigenvalue weighted by atomic mass is 8.81. The third-order valence-corrected chi connectivity index (χ3v) is 7.07. The molecule has 42 heavy (non-hydrogen) atoms. The highest BCUT2D eigenvalue weighted by atomic mass is 16.1. The average Bonchev–Trinajstić information content (AvgIpc) is 3.74. The summed E-state index contributed by atoms with van der Waals surface area (Å²) in [5, 5.41) is 2.70. The van der Waals surface area contributed by atoms with E-state index in [1.165, 1.54) is 22.5 Å². The highest BCUT2D eigenvalue weighted by Crippen LogP contribution is 2.32. The van der Waals surface area contributed by atoms with Crippen molar-refractivity contribution < 1.29 is 4.79 Å². The molecule has 8 radical (unpaired) electrons. The van der Waals surface area contributed by atoms with Gasteiger partial charge < -0.3 is 30.0 Å². The highest BCUT2D eigenvalue weighted by molar-refractivity contribution is 7.76. The number of carbonyl (C=O) groups excluding carboxylic acids is 1. The van der Waals surface area contributed by atoms with Gasteiger partial charge in [0.1, 0.15) is 0 Å². The van der Waals surface area contributed by atoms with Crippen molar-refractivity contribution in [2.24, 2.45) is 14.1 Å². The predicted octanol–water partition coefficient (Wildman–Crippen LogP) is 0.831. The number of nitrogen functional groups attached to an aromatic ring is 1. The van der Waals surface area contributed by atoms with Gasteiger partial charge in [-0.25, -0.2) is 9.97 Å². The van der Waals surface area contributed by atoms with Crippen molar-refractivity contribution in [1.82, 2.24) is 19.1 Å². The van der Waals surface area contributed by atoms with Gasteiger partial charge in [-0.05, 0) is 48.2 Å². The minimum atomic E-state index is -0.593. The van der Waals surface area contributed by atoms with Gasteiger partial charge in [0.2, 0.25) is 6.41 Å². The normalized spacial score (nSPS) is 12.8. The molecule has 0 aliphatic carbocycles. The molecule has 0 atom stereocenters. The van der Waals surface area contributed by atoms with Crippen molar-refractivity contribution in [2.45, 2.75) is 25.9 Å². The number of hydrogen-bond acceptors (Lipinski definition) is 6. The summed E-state index contributed by atoms with van der Waals surface area (Å²) < 4.78 is 3.93. The molecule has 0 saturated heterocycles. The van der Waals surface area contributed by atoms with Gasteiger partial charge in [0.25, 0.3) is 0 Å². The van der Waals surface area contributed by atoms with Crippen LogP contribution < -0.4 is 20.9 Å². The van der Waals surface area contributed by atoms with Crippen molar-refractivity contribution in [2.75, 3.05) is 33.9 Å². The Bertz CT molecular complexity index is 1470. The Labute approximate surface area is 254 Å². The van der Waals surface area contributed by atoms with E-state index in [9.17, 15) is 4.79 Å². The van der Waals surface area contributed by atoms with E-state index in [0.717, 1.165) is 61.8 Å². The molecule has 0 saturated carbocycles. The van der Waals surface area contributed by atoms with Gasteiger partial charge in [0.15, 0.2) is 0 Å². The van der Waals surface area contributed by atoms with E-state index in [-0.39, 0.29) is 0 Å². The Morgan fingerprint density at radius 2 is 1.33 bits per heavy atom. The molecule has 6 rings (SSSR count). The van der Waals surface area contributed by atoms with Crippen molar-refractivity contribution in [3.8, 4) is 0 Å². The third kappa shape index (κ3) is 8.33. The molecule has 2 aliphatic rings. The van der Waals surface area contributed by atoms with Gasteiger partial charge in [0.05, 0.1) is 37.1 Å². The molecule has 2 aromatic heterocycles. The molecule has 1 amide bonds. The van der Waals surface area contributed by atoms with Gasteiger partial charge in [-0.1, -0.05) is 12.1 Å². The van der Waals surface area contributed by atoms with E-state index in [0.29, 0.717) is 6.41 Å². The fourth-order valence-corrected chi connectivity index (χ4v) is 4.88. The number of carbonyl (C=O) groups is 1. The van der Waals surface area contributed by atoms with Gasteiger partial charge in [-0.15, -0.1) is 0 Å². The molecule has 15 heteroatoms. The number of fused-ring (bicyclic) bond motifs is 2. The molecule has 0 unspecified atom stereocenters. The lowest BCUT2D eigenvalue weighted by molar-refractivity contribution is -0.105. The summed E-state index contributed by atoms with van der Waals surface area (Å²) in [7, 11) is 23.8. The Morgan fingerprint density at radius 3 is 1.79 bits per heavy atom. The van der Waals surface area contributed by atoms with Crippen molar-refractivity contribution in [3.63, 3.8) is 0 Å². The number of aromatic nitrogens is 4. The average molecular weight is 549 g/mol. The molecule has 4 heterocycles. The van der Waals surface area contributed by atoms with Gasteiger partial charge in [-0.2, -0.15) is 0 Å². The molecule has 0 spiro atoms. The van der Waals surface area contributed by atoms with Crippen LogP contribution in [0.15, 0.2) is 61.4 Å². The molecular weight excluding hydrogens is 517 g/mol. The van der Waals surface area contributed by atoms with Crippen molar-refractivity contribution >= 4 is 72.9 Å². The minimum Gasteiger partial charge on any atom is -0.399 e.